The zero-order chi connectivity index (χ0) is 18.7. The fraction of sp³-hybridized carbons (Fsp3) is 0.174. The predicted molar refractivity (Wildman–Crippen MR) is 106 cm³/mol. The molecule has 27 heavy (non-hydrogen) atoms. The zero-order valence-electron chi connectivity index (χ0n) is 15.4. The topological polar surface area (TPSA) is 40.0 Å². The molecule has 0 saturated carbocycles. The molecule has 1 aliphatic rings. The fourth-order valence-electron chi connectivity index (χ4n) is 3.33. The number of methoxy groups -OCH3 is 2. The van der Waals surface area contributed by atoms with Gasteiger partial charge in [0.05, 0.1) is 20.8 Å². The smallest absolute Gasteiger partial charge is 0.217 e. The minimum absolute atomic E-state index is 0.510. The van der Waals surface area contributed by atoms with Crippen molar-refractivity contribution in [3.05, 3.63) is 95.6 Å². The Morgan fingerprint density at radius 1 is 0.741 bits per heavy atom. The highest BCUT2D eigenvalue weighted by Crippen LogP contribution is 2.40. The molecule has 0 amide bonds. The van der Waals surface area contributed by atoms with Crippen molar-refractivity contribution in [3.8, 4) is 11.5 Å². The van der Waals surface area contributed by atoms with Crippen LogP contribution in [0.1, 0.15) is 16.7 Å². The van der Waals surface area contributed by atoms with E-state index < -0.39 is 5.60 Å². The molecular weight excluding hydrogens is 338 g/mol. The van der Waals surface area contributed by atoms with Gasteiger partial charge in [-0.05, 0) is 36.4 Å². The summed E-state index contributed by atoms with van der Waals surface area (Å²) in [5.74, 6) is 2.28. The van der Waals surface area contributed by atoms with Crippen LogP contribution in [-0.4, -0.2) is 26.7 Å². The van der Waals surface area contributed by atoms with Crippen LogP contribution in [0.2, 0.25) is 0 Å². The Labute approximate surface area is 159 Å². The van der Waals surface area contributed by atoms with Crippen LogP contribution >= 0.6 is 0 Å². The van der Waals surface area contributed by atoms with Gasteiger partial charge in [0.1, 0.15) is 11.5 Å². The SMILES string of the molecule is COc1ccc(C2(c3ccc(OC)cc3)CN=C(c3ccccc3)O2)cc1. The Morgan fingerprint density at radius 3 is 1.74 bits per heavy atom. The summed E-state index contributed by atoms with van der Waals surface area (Å²) in [5.41, 5.74) is 2.36. The summed E-state index contributed by atoms with van der Waals surface area (Å²) >= 11 is 0. The first-order valence-electron chi connectivity index (χ1n) is 8.83. The van der Waals surface area contributed by atoms with Crippen LogP contribution in [0.4, 0.5) is 0 Å². The van der Waals surface area contributed by atoms with Gasteiger partial charge in [-0.3, -0.25) is 0 Å². The molecule has 0 N–H and O–H groups in total. The maximum Gasteiger partial charge on any atom is 0.217 e. The lowest BCUT2D eigenvalue weighted by Crippen LogP contribution is -2.32. The van der Waals surface area contributed by atoms with Gasteiger partial charge in [0.2, 0.25) is 5.90 Å². The predicted octanol–water partition coefficient (Wildman–Crippen LogP) is 4.42. The van der Waals surface area contributed by atoms with Gasteiger partial charge in [0.15, 0.2) is 5.60 Å². The van der Waals surface area contributed by atoms with Crippen LogP contribution < -0.4 is 9.47 Å². The van der Waals surface area contributed by atoms with Crippen molar-refractivity contribution in [2.75, 3.05) is 20.8 Å². The third-order valence-corrected chi connectivity index (χ3v) is 4.85. The van der Waals surface area contributed by atoms with Crippen LogP contribution in [0, 0.1) is 0 Å². The number of aliphatic imine (C=N–C) groups is 1. The van der Waals surface area contributed by atoms with E-state index in [1.54, 1.807) is 14.2 Å². The lowest BCUT2D eigenvalue weighted by Gasteiger charge is -2.30. The summed E-state index contributed by atoms with van der Waals surface area (Å²) in [6.45, 7) is 0.510. The van der Waals surface area contributed by atoms with E-state index in [1.807, 2.05) is 78.9 Å². The molecular formula is C23H21NO3. The zero-order valence-corrected chi connectivity index (χ0v) is 15.4. The second-order valence-corrected chi connectivity index (χ2v) is 6.37. The Balaban J connectivity index is 1.76. The third-order valence-electron chi connectivity index (χ3n) is 4.85. The van der Waals surface area contributed by atoms with Crippen molar-refractivity contribution < 1.29 is 14.2 Å². The lowest BCUT2D eigenvalue weighted by atomic mass is 9.86. The molecule has 0 bridgehead atoms. The summed E-state index contributed by atoms with van der Waals surface area (Å²) in [5, 5.41) is 0. The molecule has 0 aliphatic carbocycles. The monoisotopic (exact) mass is 359 g/mol. The van der Waals surface area contributed by atoms with E-state index in [1.165, 1.54) is 0 Å². The first-order chi connectivity index (χ1) is 13.2. The lowest BCUT2D eigenvalue weighted by molar-refractivity contribution is 0.132. The van der Waals surface area contributed by atoms with E-state index >= 15 is 0 Å². The van der Waals surface area contributed by atoms with E-state index in [-0.39, 0.29) is 0 Å². The number of hydrogen-bond donors (Lipinski definition) is 0. The second kappa shape index (κ2) is 7.16. The van der Waals surface area contributed by atoms with E-state index in [9.17, 15) is 0 Å². The normalized spacial score (nSPS) is 15.0. The summed E-state index contributed by atoms with van der Waals surface area (Å²) in [6.07, 6.45) is 0. The van der Waals surface area contributed by atoms with Crippen LogP contribution in [0.25, 0.3) is 0 Å². The fourth-order valence-corrected chi connectivity index (χ4v) is 3.33. The Morgan fingerprint density at radius 2 is 1.26 bits per heavy atom. The number of ether oxygens (including phenoxy) is 3. The van der Waals surface area contributed by atoms with Gasteiger partial charge < -0.3 is 14.2 Å². The van der Waals surface area contributed by atoms with Gasteiger partial charge >= 0.3 is 0 Å². The number of benzene rings is 3. The molecule has 0 radical (unpaired) electrons. The van der Waals surface area contributed by atoms with Crippen molar-refractivity contribution in [2.45, 2.75) is 5.60 Å². The Hall–Kier alpha value is -3.27. The van der Waals surface area contributed by atoms with E-state index in [4.69, 9.17) is 19.2 Å². The van der Waals surface area contributed by atoms with Gasteiger partial charge in [-0.2, -0.15) is 0 Å². The van der Waals surface area contributed by atoms with Crippen molar-refractivity contribution in [2.24, 2.45) is 4.99 Å². The number of rotatable bonds is 5. The molecule has 136 valence electrons. The summed E-state index contributed by atoms with van der Waals surface area (Å²) in [4.78, 5) is 4.73. The maximum absolute atomic E-state index is 6.52. The van der Waals surface area contributed by atoms with Crippen molar-refractivity contribution in [3.63, 3.8) is 0 Å². The van der Waals surface area contributed by atoms with Crippen molar-refractivity contribution >= 4 is 5.90 Å². The molecule has 4 heteroatoms. The first kappa shape index (κ1) is 17.2. The molecule has 0 aromatic heterocycles. The summed E-state index contributed by atoms with van der Waals surface area (Å²) < 4.78 is 17.1. The van der Waals surface area contributed by atoms with Crippen molar-refractivity contribution in [1.29, 1.82) is 0 Å². The molecule has 1 heterocycles. The van der Waals surface area contributed by atoms with E-state index in [2.05, 4.69) is 0 Å². The van der Waals surface area contributed by atoms with Crippen LogP contribution in [0.15, 0.2) is 83.9 Å². The highest BCUT2D eigenvalue weighted by molar-refractivity contribution is 5.95. The van der Waals surface area contributed by atoms with E-state index in [0.717, 1.165) is 28.2 Å². The Kier molecular flexibility index (Phi) is 4.55. The van der Waals surface area contributed by atoms with Crippen LogP contribution in [-0.2, 0) is 10.3 Å². The molecule has 0 saturated heterocycles. The van der Waals surface area contributed by atoms with Gasteiger partial charge in [-0.25, -0.2) is 4.99 Å². The van der Waals surface area contributed by atoms with E-state index in [0.29, 0.717) is 12.4 Å². The minimum atomic E-state index is -0.677. The molecule has 1 aliphatic heterocycles. The molecule has 0 fully saturated rings. The molecule has 3 aromatic rings. The average Bonchev–Trinajstić information content (AvgIpc) is 3.21. The summed E-state index contributed by atoms with van der Waals surface area (Å²) in [6, 6.07) is 25.9. The largest absolute Gasteiger partial charge is 0.497 e. The average molecular weight is 359 g/mol. The maximum atomic E-state index is 6.52. The quantitative estimate of drug-likeness (QED) is 0.677. The van der Waals surface area contributed by atoms with Gasteiger partial charge in [-0.15, -0.1) is 0 Å². The molecule has 3 aromatic carbocycles. The first-order valence-corrected chi connectivity index (χ1v) is 8.83. The van der Waals surface area contributed by atoms with Gasteiger partial charge in [-0.1, -0.05) is 42.5 Å². The highest BCUT2D eigenvalue weighted by atomic mass is 16.5. The molecule has 0 atom stereocenters. The second-order valence-electron chi connectivity index (χ2n) is 6.37. The standard InChI is InChI=1S/C23H21NO3/c1-25-20-12-8-18(9-13-20)23(19-10-14-21(26-2)15-11-19)16-24-22(27-23)17-6-4-3-5-7-17/h3-15H,16H2,1-2H3. The Bertz CT molecular complexity index is 884. The van der Waals surface area contributed by atoms with Crippen LogP contribution in [0.5, 0.6) is 11.5 Å². The van der Waals surface area contributed by atoms with Crippen molar-refractivity contribution in [1.82, 2.24) is 0 Å². The van der Waals surface area contributed by atoms with Gasteiger partial charge in [0.25, 0.3) is 0 Å². The highest BCUT2D eigenvalue weighted by Gasteiger charge is 2.42. The molecule has 0 spiro atoms. The molecule has 4 nitrogen and oxygen atoms in total. The molecule has 0 unspecified atom stereocenters. The number of nitrogens with zero attached hydrogens (tertiary/aromatic N) is 1. The minimum Gasteiger partial charge on any atom is -0.497 e. The molecule has 4 rings (SSSR count). The van der Waals surface area contributed by atoms with Gasteiger partial charge in [0, 0.05) is 16.7 Å². The summed E-state index contributed by atoms with van der Waals surface area (Å²) in [7, 11) is 3.33. The number of hydrogen-bond acceptors (Lipinski definition) is 4. The van der Waals surface area contributed by atoms with Crippen LogP contribution in [0.3, 0.4) is 0 Å². The third kappa shape index (κ3) is 3.14.